The minimum absolute atomic E-state index is 0.281. The summed E-state index contributed by atoms with van der Waals surface area (Å²) in [7, 11) is 0. The molecule has 0 bridgehead atoms. The van der Waals surface area contributed by atoms with E-state index in [9.17, 15) is 9.18 Å². The second-order valence-corrected chi connectivity index (χ2v) is 4.95. The van der Waals surface area contributed by atoms with Crippen molar-refractivity contribution in [3.8, 4) is 0 Å². The van der Waals surface area contributed by atoms with Gasteiger partial charge in [-0.2, -0.15) is 0 Å². The zero-order valence-corrected chi connectivity index (χ0v) is 10.9. The molecule has 2 aromatic rings. The molecule has 0 atom stereocenters. The molecule has 2 N–H and O–H groups in total. The Morgan fingerprint density at radius 2 is 2.05 bits per heavy atom. The van der Waals surface area contributed by atoms with Crippen LogP contribution in [0, 0.1) is 5.82 Å². The Morgan fingerprint density at radius 1 is 1.25 bits per heavy atom. The lowest BCUT2D eigenvalue weighted by molar-refractivity contribution is 0.234. The van der Waals surface area contributed by atoms with Gasteiger partial charge in [0.05, 0.1) is 18.3 Å². The van der Waals surface area contributed by atoms with Gasteiger partial charge in [-0.25, -0.2) is 9.18 Å². The molecule has 0 aliphatic heterocycles. The van der Waals surface area contributed by atoms with Gasteiger partial charge in [-0.15, -0.1) is 0 Å². The van der Waals surface area contributed by atoms with Crippen LogP contribution in [0.5, 0.6) is 0 Å². The number of nitrogens with one attached hydrogen (secondary N) is 2. The second-order valence-electron chi connectivity index (χ2n) is 4.95. The van der Waals surface area contributed by atoms with Crippen LogP contribution in [0.1, 0.15) is 24.2 Å². The van der Waals surface area contributed by atoms with Crippen molar-refractivity contribution in [3.05, 3.63) is 59.8 Å². The molecule has 1 heterocycles. The Balaban J connectivity index is 1.62. The molecule has 1 saturated carbocycles. The lowest BCUT2D eigenvalue weighted by atomic mass is 10.0. The normalized spacial score (nSPS) is 15.7. The van der Waals surface area contributed by atoms with Crippen LogP contribution >= 0.6 is 0 Å². The first-order valence-corrected chi connectivity index (χ1v) is 6.53. The highest BCUT2D eigenvalue weighted by atomic mass is 19.1. The number of hydrogen-bond acceptors (Lipinski definition) is 2. The minimum atomic E-state index is -0.557. The SMILES string of the molecule is O=C(NCc1ccco1)NC1(c2ccccc2F)CC1. The Hall–Kier alpha value is -2.30. The summed E-state index contributed by atoms with van der Waals surface area (Å²) >= 11 is 0. The van der Waals surface area contributed by atoms with Gasteiger partial charge in [0.25, 0.3) is 0 Å². The van der Waals surface area contributed by atoms with Gasteiger partial charge < -0.3 is 15.1 Å². The lowest BCUT2D eigenvalue weighted by Crippen LogP contribution is -2.42. The van der Waals surface area contributed by atoms with E-state index in [0.29, 0.717) is 17.9 Å². The third-order valence-corrected chi connectivity index (χ3v) is 3.50. The maximum absolute atomic E-state index is 13.8. The first-order valence-electron chi connectivity index (χ1n) is 6.53. The summed E-state index contributed by atoms with van der Waals surface area (Å²) in [5.74, 6) is 0.396. The molecule has 0 unspecified atom stereocenters. The molecule has 3 rings (SSSR count). The summed E-state index contributed by atoms with van der Waals surface area (Å²) in [6, 6.07) is 9.78. The molecule has 1 aliphatic carbocycles. The fourth-order valence-electron chi connectivity index (χ4n) is 2.28. The van der Waals surface area contributed by atoms with Crippen LogP contribution in [0.15, 0.2) is 47.1 Å². The summed E-state index contributed by atoms with van der Waals surface area (Å²) in [6.45, 7) is 0.312. The van der Waals surface area contributed by atoms with Crippen molar-refractivity contribution in [1.82, 2.24) is 10.6 Å². The van der Waals surface area contributed by atoms with Gasteiger partial charge in [0.2, 0.25) is 0 Å². The number of halogens is 1. The molecule has 5 heteroatoms. The van der Waals surface area contributed by atoms with Gasteiger partial charge in [-0.05, 0) is 31.0 Å². The van der Waals surface area contributed by atoms with Crippen molar-refractivity contribution < 1.29 is 13.6 Å². The highest BCUT2D eigenvalue weighted by molar-refractivity contribution is 5.75. The molecular formula is C15H15FN2O2. The van der Waals surface area contributed by atoms with Crippen LogP contribution < -0.4 is 10.6 Å². The topological polar surface area (TPSA) is 54.3 Å². The minimum Gasteiger partial charge on any atom is -0.467 e. The summed E-state index contributed by atoms with van der Waals surface area (Å²) in [6.07, 6.45) is 3.06. The van der Waals surface area contributed by atoms with Crippen molar-refractivity contribution in [2.75, 3.05) is 0 Å². The molecule has 1 fully saturated rings. The molecule has 4 nitrogen and oxygen atoms in total. The van der Waals surface area contributed by atoms with Crippen LogP contribution in [-0.2, 0) is 12.1 Å². The Kier molecular flexibility index (Phi) is 3.18. The van der Waals surface area contributed by atoms with Crippen molar-refractivity contribution >= 4 is 6.03 Å². The standard InChI is InChI=1S/C15H15FN2O2/c16-13-6-2-1-5-12(13)15(7-8-15)18-14(19)17-10-11-4-3-9-20-11/h1-6,9H,7-8,10H2,(H2,17,18,19). The number of rotatable bonds is 4. The van der Waals surface area contributed by atoms with Crippen molar-refractivity contribution in [2.45, 2.75) is 24.9 Å². The molecule has 104 valence electrons. The highest BCUT2D eigenvalue weighted by Gasteiger charge is 2.47. The van der Waals surface area contributed by atoms with E-state index in [0.717, 1.165) is 12.8 Å². The maximum Gasteiger partial charge on any atom is 0.315 e. The lowest BCUT2D eigenvalue weighted by Gasteiger charge is -2.18. The molecular weight excluding hydrogens is 259 g/mol. The van der Waals surface area contributed by atoms with Crippen molar-refractivity contribution in [2.24, 2.45) is 0 Å². The summed E-state index contributed by atoms with van der Waals surface area (Å²) in [5.41, 5.74) is -0.00774. The van der Waals surface area contributed by atoms with E-state index in [1.807, 2.05) is 0 Å². The predicted molar refractivity (Wildman–Crippen MR) is 71.4 cm³/mol. The van der Waals surface area contributed by atoms with E-state index >= 15 is 0 Å². The van der Waals surface area contributed by atoms with E-state index in [4.69, 9.17) is 4.42 Å². The molecule has 1 aromatic heterocycles. The third-order valence-electron chi connectivity index (χ3n) is 3.50. The average molecular weight is 274 g/mol. The Labute approximate surface area is 116 Å². The van der Waals surface area contributed by atoms with Crippen LogP contribution in [0.3, 0.4) is 0 Å². The molecule has 1 aromatic carbocycles. The number of carbonyl (C=O) groups excluding carboxylic acids is 1. The van der Waals surface area contributed by atoms with E-state index in [1.165, 1.54) is 6.07 Å². The Bertz CT molecular complexity index is 606. The van der Waals surface area contributed by atoms with E-state index in [-0.39, 0.29) is 11.8 Å². The zero-order valence-electron chi connectivity index (χ0n) is 10.9. The van der Waals surface area contributed by atoms with Crippen molar-refractivity contribution in [3.63, 3.8) is 0 Å². The molecule has 0 saturated heterocycles. The number of amides is 2. The smallest absolute Gasteiger partial charge is 0.315 e. The molecule has 0 spiro atoms. The number of benzene rings is 1. The summed E-state index contributed by atoms with van der Waals surface area (Å²) in [4.78, 5) is 11.9. The highest BCUT2D eigenvalue weighted by Crippen LogP contribution is 2.46. The van der Waals surface area contributed by atoms with Crippen LogP contribution in [0.2, 0.25) is 0 Å². The van der Waals surface area contributed by atoms with Gasteiger partial charge in [-0.1, -0.05) is 18.2 Å². The van der Waals surface area contributed by atoms with Crippen LogP contribution in [0.4, 0.5) is 9.18 Å². The largest absolute Gasteiger partial charge is 0.467 e. The molecule has 20 heavy (non-hydrogen) atoms. The van der Waals surface area contributed by atoms with Crippen molar-refractivity contribution in [1.29, 1.82) is 0 Å². The van der Waals surface area contributed by atoms with Gasteiger partial charge in [-0.3, -0.25) is 0 Å². The van der Waals surface area contributed by atoms with E-state index in [1.54, 1.807) is 36.6 Å². The molecule has 2 amide bonds. The predicted octanol–water partition coefficient (Wildman–Crippen LogP) is 2.91. The van der Waals surface area contributed by atoms with E-state index in [2.05, 4.69) is 10.6 Å². The van der Waals surface area contributed by atoms with Gasteiger partial charge in [0.15, 0.2) is 0 Å². The second kappa shape index (κ2) is 5.00. The Morgan fingerprint density at radius 3 is 2.70 bits per heavy atom. The number of urea groups is 1. The first-order chi connectivity index (χ1) is 9.70. The third kappa shape index (κ3) is 2.52. The quantitative estimate of drug-likeness (QED) is 0.900. The number of carbonyl (C=O) groups is 1. The molecule has 0 radical (unpaired) electrons. The summed E-state index contributed by atoms with van der Waals surface area (Å²) < 4.78 is 18.9. The fraction of sp³-hybridized carbons (Fsp3) is 0.267. The van der Waals surface area contributed by atoms with Gasteiger partial charge in [0, 0.05) is 5.56 Å². The van der Waals surface area contributed by atoms with E-state index < -0.39 is 5.54 Å². The molecule has 1 aliphatic rings. The van der Waals surface area contributed by atoms with Crippen LogP contribution in [0.25, 0.3) is 0 Å². The monoisotopic (exact) mass is 274 g/mol. The maximum atomic E-state index is 13.8. The van der Waals surface area contributed by atoms with Gasteiger partial charge in [0.1, 0.15) is 11.6 Å². The summed E-state index contributed by atoms with van der Waals surface area (Å²) in [5, 5.41) is 5.56. The fourth-order valence-corrected chi connectivity index (χ4v) is 2.28. The van der Waals surface area contributed by atoms with Gasteiger partial charge >= 0.3 is 6.03 Å². The zero-order chi connectivity index (χ0) is 14.0. The van der Waals surface area contributed by atoms with Crippen LogP contribution in [-0.4, -0.2) is 6.03 Å². The first kappa shape index (κ1) is 12.7. The number of furan rings is 1. The average Bonchev–Trinajstić information content (AvgIpc) is 3.02. The number of hydrogen-bond donors (Lipinski definition) is 2.